The van der Waals surface area contributed by atoms with E-state index in [0.29, 0.717) is 32.7 Å². The van der Waals surface area contributed by atoms with Crippen molar-refractivity contribution < 1.29 is 29.7 Å². The summed E-state index contributed by atoms with van der Waals surface area (Å²) in [5.74, 6) is -3.39. The van der Waals surface area contributed by atoms with Crippen LogP contribution >= 0.6 is 0 Å². The highest BCUT2D eigenvalue weighted by atomic mass is 16.4. The molecule has 12 nitrogen and oxygen atoms in total. The van der Waals surface area contributed by atoms with E-state index >= 15 is 0 Å². The summed E-state index contributed by atoms with van der Waals surface area (Å²) in [7, 11) is 0. The molecule has 6 rings (SSSR count). The maximum absolute atomic E-state index is 11.4. The minimum absolute atomic E-state index is 0.0892. The number of nitrogens with one attached hydrogen (secondary N) is 3. The molecule has 42 heavy (non-hydrogen) atoms. The fraction of sp³-hybridized carbons (Fsp3) is 0. The number of benzene rings is 3. The number of aromatic amines is 3. The molecule has 0 bridgehead atoms. The summed E-state index contributed by atoms with van der Waals surface area (Å²) in [5.41, 5.74) is 0.508. The van der Waals surface area contributed by atoms with Gasteiger partial charge in [-0.25, -0.2) is 14.4 Å². The number of fused-ring (bicyclic) bond motifs is 3. The van der Waals surface area contributed by atoms with E-state index in [0.717, 1.165) is 18.2 Å². The molecule has 210 valence electrons. The molecule has 3 aromatic carbocycles. The van der Waals surface area contributed by atoms with Gasteiger partial charge in [0.25, 0.3) is 0 Å². The van der Waals surface area contributed by atoms with Gasteiger partial charge < -0.3 is 30.3 Å². The van der Waals surface area contributed by atoms with Crippen molar-refractivity contribution >= 4 is 50.6 Å². The van der Waals surface area contributed by atoms with Crippen molar-refractivity contribution in [1.29, 1.82) is 0 Å². The molecule has 0 spiro atoms. The topological polar surface area (TPSA) is 210 Å². The van der Waals surface area contributed by atoms with E-state index in [-0.39, 0.29) is 33.4 Å². The van der Waals surface area contributed by atoms with Gasteiger partial charge in [-0.3, -0.25) is 14.4 Å². The van der Waals surface area contributed by atoms with Crippen LogP contribution in [0.2, 0.25) is 0 Å². The highest BCUT2D eigenvalue weighted by Gasteiger charge is 2.08. The van der Waals surface area contributed by atoms with E-state index in [9.17, 15) is 28.8 Å². The summed E-state index contributed by atoms with van der Waals surface area (Å²) in [6, 6.07) is 23.7. The summed E-state index contributed by atoms with van der Waals surface area (Å²) >= 11 is 0. The highest BCUT2D eigenvalue weighted by molar-refractivity contribution is 5.91. The molecular weight excluding hydrogens is 546 g/mol. The van der Waals surface area contributed by atoms with E-state index in [1.165, 1.54) is 0 Å². The molecule has 0 amide bonds. The van der Waals surface area contributed by atoms with Crippen LogP contribution in [0.5, 0.6) is 0 Å². The number of H-pyrrole nitrogens is 3. The Morgan fingerprint density at radius 2 is 0.667 bits per heavy atom. The molecule has 0 fully saturated rings. The number of aromatic carboxylic acids is 3. The molecule has 3 aromatic heterocycles. The minimum Gasteiger partial charge on any atom is -0.477 e. The van der Waals surface area contributed by atoms with Gasteiger partial charge in [0.15, 0.2) is 16.3 Å². The third kappa shape index (κ3) is 6.46. The second kappa shape index (κ2) is 12.3. The summed E-state index contributed by atoms with van der Waals surface area (Å²) < 4.78 is 0. The van der Waals surface area contributed by atoms with E-state index in [1.54, 1.807) is 72.8 Å². The molecule has 6 N–H and O–H groups in total. The molecule has 0 aliphatic heterocycles. The quantitative estimate of drug-likeness (QED) is 0.184. The highest BCUT2D eigenvalue weighted by Crippen LogP contribution is 2.09. The van der Waals surface area contributed by atoms with Crippen LogP contribution < -0.4 is 16.3 Å². The van der Waals surface area contributed by atoms with E-state index in [1.807, 2.05) is 0 Å². The van der Waals surface area contributed by atoms with Crippen LogP contribution in [-0.4, -0.2) is 48.2 Å². The number of para-hydroxylation sites is 3. The van der Waals surface area contributed by atoms with Crippen molar-refractivity contribution in [3.8, 4) is 0 Å². The zero-order chi connectivity index (χ0) is 30.4. The Labute approximate surface area is 234 Å². The van der Waals surface area contributed by atoms with Crippen LogP contribution in [0.25, 0.3) is 32.7 Å². The molecule has 0 atom stereocenters. The fourth-order valence-corrected chi connectivity index (χ4v) is 3.94. The molecule has 0 radical (unpaired) electrons. The van der Waals surface area contributed by atoms with Gasteiger partial charge >= 0.3 is 17.9 Å². The lowest BCUT2D eigenvalue weighted by Gasteiger charge is -1.98. The van der Waals surface area contributed by atoms with Crippen LogP contribution in [0, 0.1) is 0 Å². The van der Waals surface area contributed by atoms with Gasteiger partial charge in [0.05, 0.1) is 0 Å². The molecule has 6 aromatic rings. The van der Waals surface area contributed by atoms with E-state index in [2.05, 4.69) is 15.0 Å². The van der Waals surface area contributed by atoms with Crippen LogP contribution in [-0.2, 0) is 0 Å². The van der Waals surface area contributed by atoms with Crippen LogP contribution in [0.1, 0.15) is 31.5 Å². The van der Waals surface area contributed by atoms with Crippen molar-refractivity contribution in [2.75, 3.05) is 0 Å². The molecule has 12 heteroatoms. The molecule has 0 saturated heterocycles. The molecule has 0 aliphatic carbocycles. The van der Waals surface area contributed by atoms with Gasteiger partial charge in [-0.15, -0.1) is 0 Å². The molecular formula is C30H21N3O9. The van der Waals surface area contributed by atoms with Gasteiger partial charge in [-0.1, -0.05) is 36.4 Å². The molecule has 0 aliphatic rings. The Hall–Kier alpha value is -6.30. The van der Waals surface area contributed by atoms with Crippen LogP contribution in [0.3, 0.4) is 0 Å². The van der Waals surface area contributed by atoms with Crippen molar-refractivity contribution in [1.82, 2.24) is 15.0 Å². The maximum Gasteiger partial charge on any atom is 0.352 e. The van der Waals surface area contributed by atoms with Crippen molar-refractivity contribution in [3.05, 3.63) is 139 Å². The Morgan fingerprint density at radius 3 is 0.905 bits per heavy atom. The lowest BCUT2D eigenvalue weighted by Crippen LogP contribution is -2.09. The summed E-state index contributed by atoms with van der Waals surface area (Å²) in [4.78, 5) is 74.1. The van der Waals surface area contributed by atoms with Crippen LogP contribution in [0.4, 0.5) is 0 Å². The number of hydrogen-bond donors (Lipinski definition) is 6. The number of rotatable bonds is 3. The van der Waals surface area contributed by atoms with Gasteiger partial charge in [0.2, 0.25) is 0 Å². The Balaban J connectivity index is 0.000000145. The minimum atomic E-state index is -1.13. The monoisotopic (exact) mass is 567 g/mol. The van der Waals surface area contributed by atoms with Gasteiger partial charge in [0.1, 0.15) is 17.1 Å². The summed E-state index contributed by atoms with van der Waals surface area (Å²) in [6.07, 6.45) is 0. The van der Waals surface area contributed by atoms with Crippen LogP contribution in [0.15, 0.2) is 105 Å². The second-order valence-electron chi connectivity index (χ2n) is 8.69. The largest absolute Gasteiger partial charge is 0.477 e. The third-order valence-corrected chi connectivity index (χ3v) is 5.90. The third-order valence-electron chi connectivity index (χ3n) is 5.90. The normalized spacial score (nSPS) is 10.3. The lowest BCUT2D eigenvalue weighted by atomic mass is 10.2. The van der Waals surface area contributed by atoms with Gasteiger partial charge in [-0.05, 0) is 36.4 Å². The zero-order valence-corrected chi connectivity index (χ0v) is 21.5. The second-order valence-corrected chi connectivity index (χ2v) is 8.69. The maximum atomic E-state index is 11.4. The number of carboxylic acids is 3. The number of carbonyl (C=O) groups is 3. The first-order chi connectivity index (χ1) is 20.0. The van der Waals surface area contributed by atoms with Crippen molar-refractivity contribution in [2.45, 2.75) is 0 Å². The smallest absolute Gasteiger partial charge is 0.352 e. The zero-order valence-electron chi connectivity index (χ0n) is 21.5. The predicted octanol–water partition coefficient (Wildman–Crippen LogP) is 3.68. The van der Waals surface area contributed by atoms with Gasteiger partial charge in [0, 0.05) is 50.9 Å². The number of carboxylic acid groups (broad SMARTS) is 3. The SMILES string of the molecule is O=C(O)c1cc(=O)c2ccccc2[nH]1.O=C(O)c1cc(=O)c2ccccc2[nH]1.O=C(O)c1cc(=O)c2ccccc2[nH]1. The predicted molar refractivity (Wildman–Crippen MR) is 155 cm³/mol. The van der Waals surface area contributed by atoms with Crippen molar-refractivity contribution in [2.24, 2.45) is 0 Å². The lowest BCUT2D eigenvalue weighted by molar-refractivity contribution is 0.0680. The summed E-state index contributed by atoms with van der Waals surface area (Å²) in [6.45, 7) is 0. The average molecular weight is 568 g/mol. The van der Waals surface area contributed by atoms with Gasteiger partial charge in [-0.2, -0.15) is 0 Å². The Kier molecular flexibility index (Phi) is 8.38. The Morgan fingerprint density at radius 1 is 0.429 bits per heavy atom. The average Bonchev–Trinajstić information content (AvgIpc) is 2.97. The first kappa shape index (κ1) is 28.7. The molecule has 0 saturated carbocycles. The number of aromatic nitrogens is 3. The first-order valence-corrected chi connectivity index (χ1v) is 12.1. The number of pyridine rings is 3. The number of hydrogen-bond acceptors (Lipinski definition) is 6. The molecule has 0 unspecified atom stereocenters. The summed E-state index contributed by atoms with van der Waals surface area (Å²) in [5, 5.41) is 27.6. The molecule has 3 heterocycles. The fourth-order valence-electron chi connectivity index (χ4n) is 3.94. The standard InChI is InChI=1S/3C10H7NO3/c3*12-9-5-8(10(13)14)11-7-4-2-1-3-6(7)9/h3*1-5H,(H,11,12)(H,13,14). The van der Waals surface area contributed by atoms with E-state index < -0.39 is 17.9 Å². The van der Waals surface area contributed by atoms with E-state index in [4.69, 9.17) is 15.3 Å². The van der Waals surface area contributed by atoms with Crippen molar-refractivity contribution in [3.63, 3.8) is 0 Å². The first-order valence-electron chi connectivity index (χ1n) is 12.1. The Bertz CT molecular complexity index is 1920.